The van der Waals surface area contributed by atoms with Crippen LogP contribution in [0.5, 0.6) is 0 Å². The van der Waals surface area contributed by atoms with Gasteiger partial charge in [0.1, 0.15) is 5.82 Å². The number of aromatic nitrogens is 1. The van der Waals surface area contributed by atoms with E-state index >= 15 is 0 Å². The summed E-state index contributed by atoms with van der Waals surface area (Å²) in [6, 6.07) is 26.8. The summed E-state index contributed by atoms with van der Waals surface area (Å²) in [5, 5.41) is 3.26. The minimum atomic E-state index is -0.582. The van der Waals surface area contributed by atoms with Gasteiger partial charge in [-0.2, -0.15) is 0 Å². The van der Waals surface area contributed by atoms with Crippen LogP contribution in [-0.4, -0.2) is 33.5 Å². The fourth-order valence-electron chi connectivity index (χ4n) is 4.72. The first-order valence-corrected chi connectivity index (χ1v) is 12.8. The zero-order chi connectivity index (χ0) is 26.5. The molecule has 2 amide bonds. The third-order valence-corrected chi connectivity index (χ3v) is 6.93. The standard InChI is InChI=1S/C31H26ClN3O3/c32-25-14-15-26-24(18-25)19-28(36)27(16-11-21-6-2-1-3-7-21)35(31(26)38)20-22-9-12-23(13-10-22)30(37)34-29-8-4-5-17-33-29/h1-10,12-15,17-18,27H,11,16,19-20H2,(H,33,34,37)/t27-/m1/s1. The van der Waals surface area contributed by atoms with E-state index in [2.05, 4.69) is 10.3 Å². The molecule has 0 spiro atoms. The maximum Gasteiger partial charge on any atom is 0.256 e. The summed E-state index contributed by atoms with van der Waals surface area (Å²) in [5.41, 5.74) is 3.55. The topological polar surface area (TPSA) is 79.4 Å². The third-order valence-electron chi connectivity index (χ3n) is 6.70. The average molecular weight is 524 g/mol. The van der Waals surface area contributed by atoms with Crippen LogP contribution in [0.2, 0.25) is 5.02 Å². The second-order valence-electron chi connectivity index (χ2n) is 9.28. The van der Waals surface area contributed by atoms with Gasteiger partial charge in [0.15, 0.2) is 5.78 Å². The van der Waals surface area contributed by atoms with Crippen molar-refractivity contribution in [2.75, 3.05) is 5.32 Å². The number of carbonyl (C=O) groups is 3. The van der Waals surface area contributed by atoms with Crippen molar-refractivity contribution in [3.63, 3.8) is 0 Å². The molecule has 1 aromatic heterocycles. The molecule has 5 rings (SSSR count). The fourth-order valence-corrected chi connectivity index (χ4v) is 4.92. The van der Waals surface area contributed by atoms with E-state index in [4.69, 9.17) is 11.6 Å². The predicted molar refractivity (Wildman–Crippen MR) is 147 cm³/mol. The molecule has 0 unspecified atom stereocenters. The van der Waals surface area contributed by atoms with Gasteiger partial charge in [0.25, 0.3) is 11.8 Å². The quantitative estimate of drug-likeness (QED) is 0.334. The number of pyridine rings is 1. The number of nitrogens with one attached hydrogen (secondary N) is 1. The minimum Gasteiger partial charge on any atom is -0.324 e. The Bertz CT molecular complexity index is 1460. The van der Waals surface area contributed by atoms with E-state index in [9.17, 15) is 14.4 Å². The molecule has 38 heavy (non-hydrogen) atoms. The Morgan fingerprint density at radius 2 is 1.68 bits per heavy atom. The van der Waals surface area contributed by atoms with E-state index in [1.54, 1.807) is 59.6 Å². The molecule has 2 heterocycles. The van der Waals surface area contributed by atoms with Crippen LogP contribution in [0.3, 0.4) is 0 Å². The smallest absolute Gasteiger partial charge is 0.256 e. The lowest BCUT2D eigenvalue weighted by Gasteiger charge is -2.29. The van der Waals surface area contributed by atoms with Crippen molar-refractivity contribution >= 4 is 35.0 Å². The number of fused-ring (bicyclic) bond motifs is 1. The normalized spacial score (nSPS) is 15.1. The summed E-state index contributed by atoms with van der Waals surface area (Å²) in [5.74, 6) is -0.0164. The van der Waals surface area contributed by atoms with Gasteiger partial charge in [-0.15, -0.1) is 0 Å². The van der Waals surface area contributed by atoms with Gasteiger partial charge in [-0.25, -0.2) is 4.98 Å². The van der Waals surface area contributed by atoms with Crippen molar-refractivity contribution in [3.8, 4) is 0 Å². The molecule has 0 fully saturated rings. The Morgan fingerprint density at radius 3 is 2.42 bits per heavy atom. The molecule has 0 saturated carbocycles. The number of anilines is 1. The van der Waals surface area contributed by atoms with Gasteiger partial charge in [-0.05, 0) is 72.0 Å². The predicted octanol–water partition coefficient (Wildman–Crippen LogP) is 5.76. The summed E-state index contributed by atoms with van der Waals surface area (Å²) in [6.07, 6.45) is 2.95. The highest BCUT2D eigenvalue weighted by Crippen LogP contribution is 2.27. The summed E-state index contributed by atoms with van der Waals surface area (Å²) in [7, 11) is 0. The molecule has 0 radical (unpaired) electrons. The molecule has 1 N–H and O–H groups in total. The van der Waals surface area contributed by atoms with E-state index in [-0.39, 0.29) is 30.6 Å². The Balaban J connectivity index is 1.39. The maximum absolute atomic E-state index is 13.8. The van der Waals surface area contributed by atoms with Gasteiger partial charge in [0, 0.05) is 35.3 Å². The van der Waals surface area contributed by atoms with Crippen LogP contribution < -0.4 is 5.32 Å². The highest BCUT2D eigenvalue weighted by Gasteiger charge is 2.35. The van der Waals surface area contributed by atoms with Gasteiger partial charge >= 0.3 is 0 Å². The zero-order valence-corrected chi connectivity index (χ0v) is 21.4. The van der Waals surface area contributed by atoms with Crippen molar-refractivity contribution < 1.29 is 14.4 Å². The lowest BCUT2D eigenvalue weighted by atomic mass is 9.97. The average Bonchev–Trinajstić information content (AvgIpc) is 3.02. The van der Waals surface area contributed by atoms with E-state index in [1.165, 1.54) is 0 Å². The monoisotopic (exact) mass is 523 g/mol. The van der Waals surface area contributed by atoms with Crippen LogP contribution in [-0.2, 0) is 24.2 Å². The van der Waals surface area contributed by atoms with Crippen LogP contribution in [0.4, 0.5) is 5.82 Å². The molecular weight excluding hydrogens is 498 g/mol. The molecule has 0 aliphatic carbocycles. The number of nitrogens with zero attached hydrogens (tertiary/aromatic N) is 2. The number of Topliss-reactive ketones (excluding diaryl/α,β-unsaturated/α-hetero) is 1. The fraction of sp³-hybridized carbons (Fsp3) is 0.161. The minimum absolute atomic E-state index is 0.0124. The molecular formula is C31H26ClN3O3. The first-order valence-electron chi connectivity index (χ1n) is 12.5. The van der Waals surface area contributed by atoms with E-state index in [0.717, 1.165) is 11.1 Å². The Kier molecular flexibility index (Phi) is 7.61. The van der Waals surface area contributed by atoms with Crippen LogP contribution in [0, 0.1) is 0 Å². The summed E-state index contributed by atoms with van der Waals surface area (Å²) < 4.78 is 0. The number of halogens is 1. The van der Waals surface area contributed by atoms with E-state index in [1.807, 2.05) is 42.5 Å². The maximum atomic E-state index is 13.8. The lowest BCUT2D eigenvalue weighted by molar-refractivity contribution is -0.123. The van der Waals surface area contributed by atoms with Crippen LogP contribution >= 0.6 is 11.6 Å². The Labute approximate surface area is 226 Å². The van der Waals surface area contributed by atoms with Gasteiger partial charge in [0.2, 0.25) is 0 Å². The van der Waals surface area contributed by atoms with Gasteiger partial charge in [0.05, 0.1) is 6.04 Å². The number of hydrogen-bond donors (Lipinski definition) is 1. The number of benzene rings is 3. The first kappa shape index (κ1) is 25.4. The zero-order valence-electron chi connectivity index (χ0n) is 20.6. The molecule has 4 aromatic rings. The van der Waals surface area contributed by atoms with Crippen molar-refractivity contribution in [1.29, 1.82) is 0 Å². The molecule has 0 saturated heterocycles. The molecule has 0 bridgehead atoms. The molecule has 190 valence electrons. The highest BCUT2D eigenvalue weighted by atomic mass is 35.5. The molecule has 1 aliphatic rings. The molecule has 1 aliphatic heterocycles. The van der Waals surface area contributed by atoms with Crippen molar-refractivity contribution in [2.45, 2.75) is 31.8 Å². The summed E-state index contributed by atoms with van der Waals surface area (Å²) in [6.45, 7) is 0.244. The number of ketones is 1. The Hall–Kier alpha value is -4.29. The highest BCUT2D eigenvalue weighted by molar-refractivity contribution is 6.30. The number of rotatable bonds is 7. The van der Waals surface area contributed by atoms with Crippen molar-refractivity contribution in [2.24, 2.45) is 0 Å². The third kappa shape index (κ3) is 5.82. The van der Waals surface area contributed by atoms with Gasteiger partial charge in [-0.1, -0.05) is 60.1 Å². The molecule has 1 atom stereocenters. The second kappa shape index (κ2) is 11.4. The number of amides is 2. The SMILES string of the molecule is O=C(Nc1ccccn1)c1ccc(CN2C(=O)c3ccc(Cl)cc3CC(=O)[C@H]2CCc2ccccc2)cc1. The van der Waals surface area contributed by atoms with Crippen LogP contribution in [0.15, 0.2) is 97.2 Å². The largest absolute Gasteiger partial charge is 0.324 e. The van der Waals surface area contributed by atoms with Gasteiger partial charge < -0.3 is 10.2 Å². The van der Waals surface area contributed by atoms with Crippen LogP contribution in [0.25, 0.3) is 0 Å². The Morgan fingerprint density at radius 1 is 0.921 bits per heavy atom. The van der Waals surface area contributed by atoms with Crippen molar-refractivity contribution in [1.82, 2.24) is 9.88 Å². The summed E-state index contributed by atoms with van der Waals surface area (Å²) in [4.78, 5) is 45.6. The summed E-state index contributed by atoms with van der Waals surface area (Å²) >= 11 is 6.19. The van der Waals surface area contributed by atoms with Crippen LogP contribution in [0.1, 0.15) is 43.8 Å². The second-order valence-corrected chi connectivity index (χ2v) is 9.72. The number of aryl methyl sites for hydroxylation is 1. The molecule has 3 aromatic carbocycles. The number of carbonyl (C=O) groups excluding carboxylic acids is 3. The molecule has 6 nitrogen and oxygen atoms in total. The van der Waals surface area contributed by atoms with Crippen molar-refractivity contribution in [3.05, 3.63) is 130 Å². The number of hydrogen-bond acceptors (Lipinski definition) is 4. The van der Waals surface area contributed by atoms with E-state index < -0.39 is 6.04 Å². The first-order chi connectivity index (χ1) is 18.5. The van der Waals surface area contributed by atoms with E-state index in [0.29, 0.717) is 40.4 Å². The molecule has 7 heteroatoms. The lowest BCUT2D eigenvalue weighted by Crippen LogP contribution is -2.43. The van der Waals surface area contributed by atoms with Gasteiger partial charge in [-0.3, -0.25) is 14.4 Å².